The Bertz CT molecular complexity index is 840. The zero-order chi connectivity index (χ0) is 22.4. The van der Waals surface area contributed by atoms with Gasteiger partial charge in [-0.15, -0.1) is 0 Å². The number of hydrogen-bond donors (Lipinski definition) is 0. The molecule has 2 fully saturated rings. The Morgan fingerprint density at radius 1 is 0.968 bits per heavy atom. The summed E-state index contributed by atoms with van der Waals surface area (Å²) in [6.07, 6.45) is 7.14. The Kier molecular flexibility index (Phi) is 8.39. The van der Waals surface area contributed by atoms with Gasteiger partial charge in [-0.3, -0.25) is 4.79 Å². The van der Waals surface area contributed by atoms with Gasteiger partial charge in [-0.25, -0.2) is 8.42 Å². The number of nitrogens with zero attached hydrogens (tertiary/aromatic N) is 3. The molecule has 1 aromatic rings. The number of carbonyl (C=O) groups is 1. The normalized spacial score (nSPS) is 18.0. The first-order valence-corrected chi connectivity index (χ1v) is 13.5. The summed E-state index contributed by atoms with van der Waals surface area (Å²) >= 11 is 0. The van der Waals surface area contributed by atoms with Gasteiger partial charge in [0, 0.05) is 45.0 Å². The number of hydrogen-bond acceptors (Lipinski definition) is 4. The average molecular weight is 450 g/mol. The second kappa shape index (κ2) is 10.8. The van der Waals surface area contributed by atoms with Crippen LogP contribution in [-0.2, 0) is 10.0 Å². The van der Waals surface area contributed by atoms with E-state index < -0.39 is 10.0 Å². The summed E-state index contributed by atoms with van der Waals surface area (Å²) in [6.45, 7) is 10.6. The van der Waals surface area contributed by atoms with Crippen molar-refractivity contribution in [3.8, 4) is 0 Å². The fourth-order valence-electron chi connectivity index (χ4n) is 4.72. The Morgan fingerprint density at radius 3 is 2.16 bits per heavy atom. The molecule has 2 heterocycles. The molecular weight excluding hydrogens is 410 g/mol. The molecule has 0 radical (unpaired) electrons. The smallest absolute Gasteiger partial charge is 0.256 e. The molecule has 1 aromatic carbocycles. The summed E-state index contributed by atoms with van der Waals surface area (Å²) < 4.78 is 28.2. The molecule has 0 N–H and O–H groups in total. The lowest BCUT2D eigenvalue weighted by molar-refractivity contribution is 0.0735. The molecule has 6 nitrogen and oxygen atoms in total. The first-order valence-electron chi connectivity index (χ1n) is 12.1. The van der Waals surface area contributed by atoms with Crippen LogP contribution in [0.15, 0.2) is 23.1 Å². The molecule has 0 unspecified atom stereocenters. The van der Waals surface area contributed by atoms with Crippen molar-refractivity contribution in [2.45, 2.75) is 70.6 Å². The Hall–Kier alpha value is -1.60. The standard InChI is InChI=1S/C24H39N3O3S/c1-4-20(5-2)19-25(6-3)24(28)22-18-21(12-13-23(22)26-14-10-11-15-26)31(29,30)27-16-8-7-9-17-27/h12-13,18,20H,4-11,14-17,19H2,1-3H3. The summed E-state index contributed by atoms with van der Waals surface area (Å²) in [5.74, 6) is 0.409. The van der Waals surface area contributed by atoms with Crippen molar-refractivity contribution in [3.63, 3.8) is 0 Å². The van der Waals surface area contributed by atoms with Crippen molar-refractivity contribution in [3.05, 3.63) is 23.8 Å². The Labute approximate surface area is 188 Å². The minimum atomic E-state index is -3.58. The van der Waals surface area contributed by atoms with E-state index in [4.69, 9.17) is 0 Å². The van der Waals surface area contributed by atoms with Gasteiger partial charge in [0.2, 0.25) is 10.0 Å². The zero-order valence-electron chi connectivity index (χ0n) is 19.5. The first-order chi connectivity index (χ1) is 14.9. The quantitative estimate of drug-likeness (QED) is 0.562. The molecule has 174 valence electrons. The minimum absolute atomic E-state index is 0.0491. The largest absolute Gasteiger partial charge is 0.371 e. The number of anilines is 1. The van der Waals surface area contributed by atoms with Crippen molar-refractivity contribution in [2.24, 2.45) is 5.92 Å². The van der Waals surface area contributed by atoms with Crippen molar-refractivity contribution >= 4 is 21.6 Å². The van der Waals surface area contributed by atoms with Gasteiger partial charge in [-0.1, -0.05) is 33.1 Å². The van der Waals surface area contributed by atoms with Crippen LogP contribution in [0.25, 0.3) is 0 Å². The van der Waals surface area contributed by atoms with Crippen molar-refractivity contribution in [1.82, 2.24) is 9.21 Å². The van der Waals surface area contributed by atoms with Gasteiger partial charge in [0.1, 0.15) is 0 Å². The lowest BCUT2D eigenvalue weighted by Crippen LogP contribution is -2.37. The highest BCUT2D eigenvalue weighted by Crippen LogP contribution is 2.30. The van der Waals surface area contributed by atoms with E-state index in [-0.39, 0.29) is 10.8 Å². The molecule has 1 amide bonds. The third-order valence-corrected chi connectivity index (χ3v) is 8.79. The van der Waals surface area contributed by atoms with E-state index in [9.17, 15) is 13.2 Å². The third kappa shape index (κ3) is 5.43. The van der Waals surface area contributed by atoms with Crippen molar-refractivity contribution < 1.29 is 13.2 Å². The number of rotatable bonds is 9. The van der Waals surface area contributed by atoms with Crippen LogP contribution in [0.2, 0.25) is 0 Å². The van der Waals surface area contributed by atoms with Gasteiger partial charge in [0.05, 0.1) is 10.5 Å². The van der Waals surface area contributed by atoms with Crippen LogP contribution in [0.5, 0.6) is 0 Å². The van der Waals surface area contributed by atoms with Crippen LogP contribution in [0.1, 0.15) is 76.1 Å². The Balaban J connectivity index is 1.98. The van der Waals surface area contributed by atoms with E-state index in [2.05, 4.69) is 18.7 Å². The Morgan fingerprint density at radius 2 is 1.58 bits per heavy atom. The molecular formula is C24H39N3O3S. The molecule has 7 heteroatoms. The molecule has 0 aromatic heterocycles. The molecule has 0 saturated carbocycles. The van der Waals surface area contributed by atoms with Gasteiger partial charge >= 0.3 is 0 Å². The highest BCUT2D eigenvalue weighted by atomic mass is 32.2. The van der Waals surface area contributed by atoms with Crippen molar-refractivity contribution in [2.75, 3.05) is 44.2 Å². The molecule has 0 spiro atoms. The first kappa shape index (κ1) is 24.1. The number of benzene rings is 1. The lowest BCUT2D eigenvalue weighted by atomic mass is 10.0. The van der Waals surface area contributed by atoms with Crippen LogP contribution in [0.3, 0.4) is 0 Å². The summed E-state index contributed by atoms with van der Waals surface area (Å²) in [5, 5.41) is 0. The molecule has 0 aliphatic carbocycles. The molecule has 2 saturated heterocycles. The monoisotopic (exact) mass is 449 g/mol. The topological polar surface area (TPSA) is 60.9 Å². The predicted octanol–water partition coefficient (Wildman–Crippen LogP) is 4.36. The number of amides is 1. The molecule has 2 aliphatic rings. The number of sulfonamides is 1. The SMILES string of the molecule is CCC(CC)CN(CC)C(=O)c1cc(S(=O)(=O)N2CCCCC2)ccc1N1CCCC1. The van der Waals surface area contributed by atoms with Gasteiger partial charge < -0.3 is 9.80 Å². The molecule has 0 bridgehead atoms. The van der Waals surface area contributed by atoms with Crippen LogP contribution in [0.4, 0.5) is 5.69 Å². The highest BCUT2D eigenvalue weighted by Gasteiger charge is 2.30. The molecule has 3 rings (SSSR count). The summed E-state index contributed by atoms with van der Waals surface area (Å²) in [6, 6.07) is 5.21. The van der Waals surface area contributed by atoms with Crippen LogP contribution < -0.4 is 4.90 Å². The number of piperidine rings is 1. The zero-order valence-corrected chi connectivity index (χ0v) is 20.3. The van der Waals surface area contributed by atoms with E-state index in [1.807, 2.05) is 17.9 Å². The second-order valence-corrected chi connectivity index (χ2v) is 10.8. The highest BCUT2D eigenvalue weighted by molar-refractivity contribution is 7.89. The average Bonchev–Trinajstić information content (AvgIpc) is 3.34. The second-order valence-electron chi connectivity index (χ2n) is 8.86. The minimum Gasteiger partial charge on any atom is -0.371 e. The summed E-state index contributed by atoms with van der Waals surface area (Å²) in [7, 11) is -3.58. The number of carbonyl (C=O) groups excluding carboxylic acids is 1. The lowest BCUT2D eigenvalue weighted by Gasteiger charge is -2.29. The van der Waals surface area contributed by atoms with Crippen LogP contribution in [0, 0.1) is 5.92 Å². The third-order valence-electron chi connectivity index (χ3n) is 6.90. The van der Waals surface area contributed by atoms with E-state index in [1.165, 1.54) is 0 Å². The van der Waals surface area contributed by atoms with Gasteiger partial charge in [-0.05, 0) is 56.7 Å². The summed E-state index contributed by atoms with van der Waals surface area (Å²) in [4.78, 5) is 18.0. The predicted molar refractivity (Wildman–Crippen MR) is 126 cm³/mol. The van der Waals surface area contributed by atoms with Crippen LogP contribution in [-0.4, -0.2) is 62.8 Å². The van der Waals surface area contributed by atoms with Gasteiger partial charge in [0.25, 0.3) is 5.91 Å². The summed E-state index contributed by atoms with van der Waals surface area (Å²) in [5.41, 5.74) is 1.41. The van der Waals surface area contributed by atoms with E-state index in [1.54, 1.807) is 16.4 Å². The van der Waals surface area contributed by atoms with Crippen molar-refractivity contribution in [1.29, 1.82) is 0 Å². The van der Waals surface area contributed by atoms with E-state index in [0.717, 1.165) is 63.7 Å². The maximum Gasteiger partial charge on any atom is 0.256 e. The molecule has 2 aliphatic heterocycles. The fraction of sp³-hybridized carbons (Fsp3) is 0.708. The van der Waals surface area contributed by atoms with Crippen LogP contribution >= 0.6 is 0 Å². The van der Waals surface area contributed by atoms with Gasteiger partial charge in [-0.2, -0.15) is 4.31 Å². The van der Waals surface area contributed by atoms with E-state index >= 15 is 0 Å². The van der Waals surface area contributed by atoms with E-state index in [0.29, 0.717) is 37.7 Å². The van der Waals surface area contributed by atoms with Gasteiger partial charge in [0.15, 0.2) is 0 Å². The fourth-order valence-corrected chi connectivity index (χ4v) is 6.26. The maximum absolute atomic E-state index is 13.7. The molecule has 31 heavy (non-hydrogen) atoms. The maximum atomic E-state index is 13.7. The molecule has 0 atom stereocenters.